The number of ether oxygens (including phenoxy) is 1. The topological polar surface area (TPSA) is 116 Å². The van der Waals surface area contributed by atoms with Crippen LogP contribution in [0.2, 0.25) is 0 Å². The van der Waals surface area contributed by atoms with Crippen molar-refractivity contribution in [1.82, 2.24) is 5.32 Å². The minimum Gasteiger partial charge on any atom is -0.454 e. The van der Waals surface area contributed by atoms with Crippen molar-refractivity contribution in [3.05, 3.63) is 0 Å². The highest BCUT2D eigenvalue weighted by Crippen LogP contribution is 2.19. The molecule has 0 spiro atoms. The van der Waals surface area contributed by atoms with Crippen LogP contribution in [0.1, 0.15) is 110 Å². The molecule has 0 unspecified atom stereocenters. The fourth-order valence-corrected chi connectivity index (χ4v) is 3.98. The van der Waals surface area contributed by atoms with Crippen molar-refractivity contribution in [1.29, 1.82) is 0 Å². The summed E-state index contributed by atoms with van der Waals surface area (Å²) in [5.41, 5.74) is 0. The molecular formula is C24H45NO6. The first-order valence-electron chi connectivity index (χ1n) is 12.5. The maximum Gasteiger partial charge on any atom is 0.338 e. The molecule has 1 rings (SSSR count). The summed E-state index contributed by atoms with van der Waals surface area (Å²) in [7, 11) is 0. The number of carbonyl (C=O) groups is 2. The van der Waals surface area contributed by atoms with Gasteiger partial charge < -0.3 is 25.4 Å². The van der Waals surface area contributed by atoms with Crippen LogP contribution < -0.4 is 5.32 Å². The average Bonchev–Trinajstić information content (AvgIpc) is 3.02. The number of carbonyl (C=O) groups excluding carboxylic acids is 2. The first-order valence-corrected chi connectivity index (χ1v) is 12.5. The van der Waals surface area contributed by atoms with Gasteiger partial charge in [0.25, 0.3) is 5.91 Å². The highest BCUT2D eigenvalue weighted by Gasteiger charge is 2.48. The Morgan fingerprint density at radius 2 is 1.26 bits per heavy atom. The molecule has 7 heteroatoms. The maximum atomic E-state index is 11.9. The lowest BCUT2D eigenvalue weighted by molar-refractivity contribution is -0.153. The van der Waals surface area contributed by atoms with Crippen LogP contribution in [-0.2, 0) is 14.3 Å². The lowest BCUT2D eigenvalue weighted by Gasteiger charge is -2.19. The minimum absolute atomic E-state index is 0.424. The van der Waals surface area contributed by atoms with Gasteiger partial charge in [-0.1, -0.05) is 103 Å². The van der Waals surface area contributed by atoms with E-state index in [-0.39, 0.29) is 0 Å². The fourth-order valence-electron chi connectivity index (χ4n) is 3.98. The fraction of sp³-hybridized carbons (Fsp3) is 0.917. The third-order valence-corrected chi connectivity index (χ3v) is 6.06. The molecule has 0 aromatic heterocycles. The molecule has 31 heavy (non-hydrogen) atoms. The molecule has 1 aliphatic rings. The Kier molecular flexibility index (Phi) is 15.6. The van der Waals surface area contributed by atoms with Crippen LogP contribution in [0.5, 0.6) is 0 Å². The molecule has 0 saturated carbocycles. The largest absolute Gasteiger partial charge is 0.454 e. The Morgan fingerprint density at radius 1 is 0.839 bits per heavy atom. The monoisotopic (exact) mass is 443 g/mol. The van der Waals surface area contributed by atoms with Crippen molar-refractivity contribution >= 4 is 11.9 Å². The van der Waals surface area contributed by atoms with Crippen LogP contribution in [0, 0.1) is 0 Å². The van der Waals surface area contributed by atoms with E-state index in [1.807, 2.05) is 0 Å². The summed E-state index contributed by atoms with van der Waals surface area (Å²) in [5, 5.41) is 31.4. The normalized spacial score (nSPS) is 21.8. The van der Waals surface area contributed by atoms with Crippen LogP contribution in [0.15, 0.2) is 0 Å². The first kappa shape index (κ1) is 27.9. The van der Waals surface area contributed by atoms with Crippen LogP contribution in [0.3, 0.4) is 0 Å². The second kappa shape index (κ2) is 17.4. The van der Waals surface area contributed by atoms with E-state index in [0.717, 1.165) is 19.3 Å². The van der Waals surface area contributed by atoms with Gasteiger partial charge in [0.15, 0.2) is 18.3 Å². The molecule has 182 valence electrons. The Bertz CT molecular complexity index is 487. The molecule has 0 aliphatic carbocycles. The number of esters is 1. The molecule has 7 nitrogen and oxygen atoms in total. The number of aliphatic hydroxyl groups excluding tert-OH is 3. The predicted molar refractivity (Wildman–Crippen MR) is 120 cm³/mol. The van der Waals surface area contributed by atoms with E-state index in [2.05, 4.69) is 17.0 Å². The van der Waals surface area contributed by atoms with Crippen LogP contribution in [-0.4, -0.2) is 58.2 Å². The summed E-state index contributed by atoms with van der Waals surface area (Å²) in [6.45, 7) is 2.68. The third-order valence-electron chi connectivity index (χ3n) is 6.06. The van der Waals surface area contributed by atoms with E-state index in [1.54, 1.807) is 0 Å². The van der Waals surface area contributed by atoms with Crippen LogP contribution >= 0.6 is 0 Å². The molecule has 1 fully saturated rings. The number of cyclic esters (lactones) is 1. The number of aliphatic hydroxyl groups is 3. The highest BCUT2D eigenvalue weighted by atomic mass is 16.6. The van der Waals surface area contributed by atoms with Gasteiger partial charge in [0, 0.05) is 6.54 Å². The smallest absolute Gasteiger partial charge is 0.338 e. The van der Waals surface area contributed by atoms with Gasteiger partial charge in [-0.2, -0.15) is 0 Å². The molecule has 4 N–H and O–H groups in total. The van der Waals surface area contributed by atoms with Gasteiger partial charge in [0.2, 0.25) is 0 Å². The number of rotatable bonds is 19. The third kappa shape index (κ3) is 11.9. The standard InChI is InChI=1S/C24H45NO6/c1-2-3-4-5-6-7-8-9-10-11-12-13-14-15-16-17-18-25-23(29)21(28)22-19(26)20(27)24(30)31-22/h19-22,26-28H,2-18H2,1H3,(H,25,29)/t19-,20+,21-,22+/m1/s1. The zero-order valence-electron chi connectivity index (χ0n) is 19.4. The maximum absolute atomic E-state index is 11.9. The number of hydrogen-bond acceptors (Lipinski definition) is 6. The predicted octanol–water partition coefficient (Wildman–Crippen LogP) is 3.37. The second-order valence-electron chi connectivity index (χ2n) is 8.88. The molecule has 1 aliphatic heterocycles. The van der Waals surface area contributed by atoms with Crippen LogP contribution in [0.4, 0.5) is 0 Å². The van der Waals surface area contributed by atoms with Crippen molar-refractivity contribution < 1.29 is 29.6 Å². The number of amides is 1. The number of unbranched alkanes of at least 4 members (excludes halogenated alkanes) is 15. The SMILES string of the molecule is CCCCCCCCCCCCCCCCCCNC(=O)[C@H](O)[C@H]1OC(=O)[C@@H](O)[C@H]1O. The summed E-state index contributed by atoms with van der Waals surface area (Å²) in [4.78, 5) is 23.1. The number of hydrogen-bond donors (Lipinski definition) is 4. The molecule has 4 atom stereocenters. The van der Waals surface area contributed by atoms with Gasteiger partial charge in [0.05, 0.1) is 0 Å². The van der Waals surface area contributed by atoms with Crippen molar-refractivity contribution in [2.24, 2.45) is 0 Å². The summed E-state index contributed by atoms with van der Waals surface area (Å²) in [6.07, 6.45) is 14.0. The van der Waals surface area contributed by atoms with Gasteiger partial charge in [-0.05, 0) is 6.42 Å². The van der Waals surface area contributed by atoms with E-state index in [4.69, 9.17) is 0 Å². The Morgan fingerprint density at radius 3 is 1.65 bits per heavy atom. The van der Waals surface area contributed by atoms with E-state index in [0.29, 0.717) is 6.54 Å². The van der Waals surface area contributed by atoms with E-state index < -0.39 is 36.3 Å². The molecule has 0 bridgehead atoms. The Hall–Kier alpha value is -1.18. The van der Waals surface area contributed by atoms with Crippen LogP contribution in [0.25, 0.3) is 0 Å². The summed E-state index contributed by atoms with van der Waals surface area (Å²) >= 11 is 0. The van der Waals surface area contributed by atoms with Gasteiger partial charge >= 0.3 is 5.97 Å². The molecule has 0 aromatic carbocycles. The lowest BCUT2D eigenvalue weighted by Crippen LogP contribution is -2.47. The Balaban J connectivity index is 1.86. The Labute approximate surface area is 187 Å². The number of nitrogens with one attached hydrogen (secondary N) is 1. The summed E-state index contributed by atoms with van der Waals surface area (Å²) in [6, 6.07) is 0. The molecule has 1 amide bonds. The first-order chi connectivity index (χ1) is 15.0. The van der Waals surface area contributed by atoms with Crippen molar-refractivity contribution in [2.45, 2.75) is 134 Å². The van der Waals surface area contributed by atoms with Crippen molar-refractivity contribution in [2.75, 3.05) is 6.54 Å². The van der Waals surface area contributed by atoms with Crippen molar-refractivity contribution in [3.63, 3.8) is 0 Å². The highest BCUT2D eigenvalue weighted by molar-refractivity contribution is 5.84. The second-order valence-corrected chi connectivity index (χ2v) is 8.88. The minimum atomic E-state index is -1.72. The quantitative estimate of drug-likeness (QED) is 0.180. The zero-order chi connectivity index (χ0) is 22.9. The van der Waals surface area contributed by atoms with E-state index >= 15 is 0 Å². The molecule has 1 heterocycles. The summed E-state index contributed by atoms with van der Waals surface area (Å²) < 4.78 is 4.66. The van der Waals surface area contributed by atoms with E-state index in [9.17, 15) is 24.9 Å². The van der Waals surface area contributed by atoms with Gasteiger partial charge in [-0.3, -0.25) is 4.79 Å². The average molecular weight is 444 g/mol. The zero-order valence-corrected chi connectivity index (χ0v) is 19.4. The van der Waals surface area contributed by atoms with Gasteiger partial charge in [0.1, 0.15) is 6.10 Å². The van der Waals surface area contributed by atoms with Gasteiger partial charge in [-0.15, -0.1) is 0 Å². The molecule has 0 radical (unpaired) electrons. The molecule has 0 aromatic rings. The molecule has 1 saturated heterocycles. The van der Waals surface area contributed by atoms with Crippen molar-refractivity contribution in [3.8, 4) is 0 Å². The van der Waals surface area contributed by atoms with E-state index in [1.165, 1.54) is 83.5 Å². The summed E-state index contributed by atoms with van der Waals surface area (Å²) in [5.74, 6) is -1.73. The lowest BCUT2D eigenvalue weighted by atomic mass is 10.0. The van der Waals surface area contributed by atoms with Gasteiger partial charge in [-0.25, -0.2) is 4.79 Å². The molecular weight excluding hydrogens is 398 g/mol.